The van der Waals surface area contributed by atoms with Gasteiger partial charge in [0.15, 0.2) is 5.65 Å². The number of aliphatic hydroxyl groups excluding tert-OH is 1. The monoisotopic (exact) mass is 476 g/mol. The average Bonchev–Trinajstić information content (AvgIpc) is 3.61. The third-order valence-electron chi connectivity index (χ3n) is 7.20. The van der Waals surface area contributed by atoms with Crippen molar-refractivity contribution in [3.63, 3.8) is 0 Å². The van der Waals surface area contributed by atoms with E-state index in [1.165, 1.54) is 6.20 Å². The molecule has 4 aromatic rings. The van der Waals surface area contributed by atoms with Gasteiger partial charge in [-0.25, -0.2) is 4.98 Å². The Bertz CT molecular complexity index is 1410. The number of aliphatic hydroxyl groups is 1. The number of aromatic nitrogens is 4. The van der Waals surface area contributed by atoms with Crippen molar-refractivity contribution in [2.24, 2.45) is 0 Å². The fourth-order valence-corrected chi connectivity index (χ4v) is 5.03. The standard InChI is InChI=1S/C25H28N6O4/c1-26-23-9-18(28-24-15(10-27-31(23)24)25(33)29-17-7-8-21(17)32)16-11-30(19-6-4-3-5-14(16)19)20-12-35-13-22(20)34-2/h3-6,9-11,17,20-22,26,32H,7-8,12-13H2,1-2H3,(H,29,33)/t17?,20-,21+,22-/m0/s1. The third-order valence-corrected chi connectivity index (χ3v) is 7.20. The van der Waals surface area contributed by atoms with Gasteiger partial charge in [-0.2, -0.15) is 9.61 Å². The minimum atomic E-state index is -0.501. The maximum Gasteiger partial charge on any atom is 0.257 e. The van der Waals surface area contributed by atoms with Crippen LogP contribution < -0.4 is 10.6 Å². The van der Waals surface area contributed by atoms with E-state index in [2.05, 4.69) is 38.6 Å². The lowest BCUT2D eigenvalue weighted by atomic mass is 9.89. The Balaban J connectivity index is 1.47. The molecule has 10 nitrogen and oxygen atoms in total. The Kier molecular flexibility index (Phi) is 5.43. The minimum Gasteiger partial charge on any atom is -0.391 e. The molecule has 1 amide bonds. The van der Waals surface area contributed by atoms with E-state index in [1.54, 1.807) is 11.6 Å². The molecule has 182 valence electrons. The number of fused-ring (bicyclic) bond motifs is 2. The molecule has 35 heavy (non-hydrogen) atoms. The Labute approximate surface area is 201 Å². The van der Waals surface area contributed by atoms with Crippen LogP contribution in [0.4, 0.5) is 5.82 Å². The van der Waals surface area contributed by atoms with Gasteiger partial charge in [0.2, 0.25) is 0 Å². The summed E-state index contributed by atoms with van der Waals surface area (Å²) in [6, 6.07) is 9.94. The molecule has 1 aliphatic heterocycles. The van der Waals surface area contributed by atoms with Gasteiger partial charge in [-0.3, -0.25) is 4.79 Å². The van der Waals surface area contributed by atoms with Crippen molar-refractivity contribution in [3.8, 4) is 11.3 Å². The number of para-hydroxylation sites is 1. The minimum absolute atomic E-state index is 0.0334. The lowest BCUT2D eigenvalue weighted by Gasteiger charge is -2.32. The van der Waals surface area contributed by atoms with Gasteiger partial charge in [0.05, 0.1) is 43.3 Å². The van der Waals surface area contributed by atoms with Gasteiger partial charge in [-0.15, -0.1) is 0 Å². The highest BCUT2D eigenvalue weighted by molar-refractivity contribution is 6.01. The lowest BCUT2D eigenvalue weighted by Crippen LogP contribution is -2.50. The summed E-state index contributed by atoms with van der Waals surface area (Å²) in [5, 5.41) is 21.4. The Morgan fingerprint density at radius 2 is 2.11 bits per heavy atom. The van der Waals surface area contributed by atoms with Crippen LogP contribution in [0.3, 0.4) is 0 Å². The van der Waals surface area contributed by atoms with Crippen LogP contribution in [0.5, 0.6) is 0 Å². The molecule has 0 spiro atoms. The first kappa shape index (κ1) is 22.0. The normalized spacial score (nSPS) is 24.1. The number of ether oxygens (including phenoxy) is 2. The second-order valence-corrected chi connectivity index (χ2v) is 9.14. The van der Waals surface area contributed by atoms with Crippen LogP contribution in [0, 0.1) is 0 Å². The first-order valence-electron chi connectivity index (χ1n) is 11.8. The van der Waals surface area contributed by atoms with E-state index in [4.69, 9.17) is 14.5 Å². The van der Waals surface area contributed by atoms with Gasteiger partial charge >= 0.3 is 0 Å². The molecule has 0 radical (unpaired) electrons. The quantitative estimate of drug-likeness (QED) is 0.391. The zero-order valence-electron chi connectivity index (χ0n) is 19.6. The van der Waals surface area contributed by atoms with Gasteiger partial charge in [0.25, 0.3) is 5.91 Å². The molecule has 1 aromatic carbocycles. The number of hydrogen-bond acceptors (Lipinski definition) is 7. The predicted octanol–water partition coefficient (Wildman–Crippen LogP) is 2.23. The van der Waals surface area contributed by atoms with Gasteiger partial charge < -0.3 is 29.8 Å². The summed E-state index contributed by atoms with van der Waals surface area (Å²) in [6.07, 6.45) is 4.55. The summed E-state index contributed by atoms with van der Waals surface area (Å²) in [5.74, 6) is 0.424. The van der Waals surface area contributed by atoms with Crippen molar-refractivity contribution in [2.45, 2.75) is 37.1 Å². The fraction of sp³-hybridized carbons (Fsp3) is 0.400. The number of hydrogen-bond donors (Lipinski definition) is 3. The largest absolute Gasteiger partial charge is 0.391 e. The second-order valence-electron chi connectivity index (χ2n) is 9.14. The molecule has 3 aromatic heterocycles. The van der Waals surface area contributed by atoms with Gasteiger partial charge in [0.1, 0.15) is 17.5 Å². The molecule has 0 bridgehead atoms. The molecular weight excluding hydrogens is 448 g/mol. The molecule has 1 aliphatic carbocycles. The number of benzene rings is 1. The van der Waals surface area contributed by atoms with Crippen molar-refractivity contribution in [2.75, 3.05) is 32.7 Å². The van der Waals surface area contributed by atoms with Crippen LogP contribution >= 0.6 is 0 Å². The topological polar surface area (TPSA) is 115 Å². The predicted molar refractivity (Wildman–Crippen MR) is 131 cm³/mol. The molecule has 1 saturated carbocycles. The van der Waals surface area contributed by atoms with Crippen LogP contribution in [-0.2, 0) is 9.47 Å². The van der Waals surface area contributed by atoms with Crippen molar-refractivity contribution in [1.82, 2.24) is 24.5 Å². The molecule has 10 heteroatoms. The van der Waals surface area contributed by atoms with Gasteiger partial charge in [0, 0.05) is 42.9 Å². The average molecular weight is 477 g/mol. The van der Waals surface area contributed by atoms with Crippen molar-refractivity contribution in [1.29, 1.82) is 0 Å². The Hall–Kier alpha value is -3.47. The van der Waals surface area contributed by atoms with Gasteiger partial charge in [-0.05, 0) is 18.9 Å². The number of amides is 1. The smallest absolute Gasteiger partial charge is 0.257 e. The van der Waals surface area contributed by atoms with E-state index in [0.717, 1.165) is 28.6 Å². The zero-order chi connectivity index (χ0) is 24.1. The molecule has 3 N–H and O–H groups in total. The number of anilines is 1. The number of carbonyl (C=O) groups is 1. The molecule has 4 atom stereocenters. The summed E-state index contributed by atoms with van der Waals surface area (Å²) in [5.41, 5.74) is 3.56. The first-order chi connectivity index (χ1) is 17.1. The highest BCUT2D eigenvalue weighted by Gasteiger charge is 2.33. The van der Waals surface area contributed by atoms with E-state index >= 15 is 0 Å². The van der Waals surface area contributed by atoms with E-state index in [-0.39, 0.29) is 24.1 Å². The van der Waals surface area contributed by atoms with Crippen LogP contribution in [-0.4, -0.2) is 75.8 Å². The van der Waals surface area contributed by atoms with Crippen LogP contribution in [0.25, 0.3) is 27.8 Å². The van der Waals surface area contributed by atoms with Crippen molar-refractivity contribution < 1.29 is 19.4 Å². The summed E-state index contributed by atoms with van der Waals surface area (Å²) in [7, 11) is 3.52. The summed E-state index contributed by atoms with van der Waals surface area (Å²) in [4.78, 5) is 17.9. The third kappa shape index (κ3) is 3.56. The molecule has 4 heterocycles. The molecule has 1 unspecified atom stereocenters. The molecule has 6 rings (SSSR count). The molecule has 2 aliphatic rings. The summed E-state index contributed by atoms with van der Waals surface area (Å²) < 4.78 is 15.2. The maximum absolute atomic E-state index is 13.0. The zero-order valence-corrected chi connectivity index (χ0v) is 19.6. The fourth-order valence-electron chi connectivity index (χ4n) is 5.03. The summed E-state index contributed by atoms with van der Waals surface area (Å²) in [6.45, 7) is 1.13. The van der Waals surface area contributed by atoms with E-state index in [9.17, 15) is 9.90 Å². The second kappa shape index (κ2) is 8.63. The number of nitrogens with zero attached hydrogens (tertiary/aromatic N) is 4. The van der Waals surface area contributed by atoms with Crippen LogP contribution in [0.2, 0.25) is 0 Å². The maximum atomic E-state index is 13.0. The highest BCUT2D eigenvalue weighted by atomic mass is 16.5. The highest BCUT2D eigenvalue weighted by Crippen LogP contribution is 2.36. The first-order valence-corrected chi connectivity index (χ1v) is 11.8. The molecule has 2 fully saturated rings. The van der Waals surface area contributed by atoms with E-state index in [1.807, 2.05) is 25.2 Å². The number of rotatable bonds is 6. The number of methoxy groups -OCH3 is 1. The van der Waals surface area contributed by atoms with E-state index in [0.29, 0.717) is 36.7 Å². The number of carbonyl (C=O) groups excluding carboxylic acids is 1. The number of nitrogens with one attached hydrogen (secondary N) is 2. The van der Waals surface area contributed by atoms with Crippen LogP contribution in [0.1, 0.15) is 29.2 Å². The van der Waals surface area contributed by atoms with Crippen molar-refractivity contribution in [3.05, 3.63) is 48.3 Å². The Morgan fingerprint density at radius 1 is 1.26 bits per heavy atom. The van der Waals surface area contributed by atoms with Crippen LogP contribution in [0.15, 0.2) is 42.7 Å². The van der Waals surface area contributed by atoms with Crippen molar-refractivity contribution >= 4 is 28.3 Å². The molecular formula is C25H28N6O4. The SMILES string of the molecule is CNc1cc(-c2cn([C@H]3COC[C@@H]3OC)c3ccccc23)nc2c(C(=O)NC3CC[C@H]3O)cnn12. The Morgan fingerprint density at radius 3 is 2.86 bits per heavy atom. The molecule has 1 saturated heterocycles. The van der Waals surface area contributed by atoms with Gasteiger partial charge in [-0.1, -0.05) is 18.2 Å². The van der Waals surface area contributed by atoms with E-state index < -0.39 is 6.10 Å². The summed E-state index contributed by atoms with van der Waals surface area (Å²) >= 11 is 0. The lowest BCUT2D eigenvalue weighted by molar-refractivity contribution is 0.0448.